The van der Waals surface area contributed by atoms with E-state index in [-0.39, 0.29) is 5.12 Å². The first kappa shape index (κ1) is 13.8. The normalized spacial score (nSPS) is 10.9. The van der Waals surface area contributed by atoms with Gasteiger partial charge in [-0.3, -0.25) is 9.59 Å². The number of carbonyl (C=O) groups is 2. The van der Waals surface area contributed by atoms with E-state index in [0.29, 0.717) is 5.75 Å². The molecule has 104 valence electrons. The number of thioether (sulfide) groups is 1. The second kappa shape index (κ2) is 5.70. The van der Waals surface area contributed by atoms with Gasteiger partial charge in [-0.25, -0.2) is 0 Å². The van der Waals surface area contributed by atoms with E-state index in [1.807, 2.05) is 24.3 Å². The standard InChI is InChI=1S/C18H14O2S/c1-12(19)18(20)21-11-17-15-8-4-2-6-13(15)10-14-7-3-5-9-16(14)17/h2-10H,11H2,1H3. The van der Waals surface area contributed by atoms with Gasteiger partial charge < -0.3 is 0 Å². The first-order valence-corrected chi connectivity index (χ1v) is 7.72. The second-order valence-electron chi connectivity index (χ2n) is 4.93. The maximum Gasteiger partial charge on any atom is 0.255 e. The van der Waals surface area contributed by atoms with Gasteiger partial charge in [0.25, 0.3) is 5.12 Å². The molecule has 3 rings (SSSR count). The van der Waals surface area contributed by atoms with Gasteiger partial charge in [0, 0.05) is 12.7 Å². The van der Waals surface area contributed by atoms with Crippen molar-refractivity contribution in [3.05, 3.63) is 60.2 Å². The van der Waals surface area contributed by atoms with E-state index in [0.717, 1.165) is 38.9 Å². The summed E-state index contributed by atoms with van der Waals surface area (Å²) in [5.74, 6) is 0.116. The zero-order chi connectivity index (χ0) is 14.8. The van der Waals surface area contributed by atoms with Gasteiger partial charge in [-0.15, -0.1) is 0 Å². The molecule has 0 aliphatic rings. The Labute approximate surface area is 127 Å². The summed E-state index contributed by atoms with van der Waals surface area (Å²) in [6, 6.07) is 18.4. The molecule has 2 nitrogen and oxygen atoms in total. The average molecular weight is 294 g/mol. The summed E-state index contributed by atoms with van der Waals surface area (Å²) in [6.45, 7) is 1.32. The summed E-state index contributed by atoms with van der Waals surface area (Å²) in [5, 5.41) is 4.20. The van der Waals surface area contributed by atoms with Crippen molar-refractivity contribution in [1.29, 1.82) is 0 Å². The highest BCUT2D eigenvalue weighted by Crippen LogP contribution is 2.31. The molecule has 0 aliphatic carbocycles. The fraction of sp³-hybridized carbons (Fsp3) is 0.111. The molecule has 0 atom stereocenters. The average Bonchev–Trinajstić information content (AvgIpc) is 2.51. The monoisotopic (exact) mass is 294 g/mol. The third-order valence-corrected chi connectivity index (χ3v) is 4.50. The maximum atomic E-state index is 11.6. The first-order chi connectivity index (χ1) is 10.2. The van der Waals surface area contributed by atoms with Crippen molar-refractivity contribution in [2.45, 2.75) is 12.7 Å². The highest BCUT2D eigenvalue weighted by Gasteiger charge is 2.12. The Morgan fingerprint density at radius 3 is 1.95 bits per heavy atom. The van der Waals surface area contributed by atoms with Crippen molar-refractivity contribution in [3.8, 4) is 0 Å². The van der Waals surface area contributed by atoms with Gasteiger partial charge in [0.05, 0.1) is 0 Å². The molecule has 0 fully saturated rings. The van der Waals surface area contributed by atoms with Crippen molar-refractivity contribution in [1.82, 2.24) is 0 Å². The van der Waals surface area contributed by atoms with Gasteiger partial charge in [0.1, 0.15) is 0 Å². The summed E-state index contributed by atoms with van der Waals surface area (Å²) in [6.07, 6.45) is 0. The number of benzene rings is 3. The molecular formula is C18H14O2S. The van der Waals surface area contributed by atoms with Crippen LogP contribution in [-0.4, -0.2) is 10.9 Å². The van der Waals surface area contributed by atoms with Gasteiger partial charge in [0.2, 0.25) is 5.78 Å². The van der Waals surface area contributed by atoms with Crippen LogP contribution in [-0.2, 0) is 15.3 Å². The zero-order valence-electron chi connectivity index (χ0n) is 11.6. The number of Topliss-reactive ketones (excluding diaryl/α,β-unsaturated/α-hetero) is 1. The Hall–Kier alpha value is -2.13. The van der Waals surface area contributed by atoms with Crippen LogP contribution in [0.2, 0.25) is 0 Å². The van der Waals surface area contributed by atoms with E-state index in [1.165, 1.54) is 6.92 Å². The van der Waals surface area contributed by atoms with E-state index < -0.39 is 5.78 Å². The molecule has 21 heavy (non-hydrogen) atoms. The number of hydrogen-bond donors (Lipinski definition) is 0. The molecule has 0 radical (unpaired) electrons. The molecule has 0 spiro atoms. The summed E-state index contributed by atoms with van der Waals surface area (Å²) >= 11 is 1.08. The third-order valence-electron chi connectivity index (χ3n) is 3.52. The number of fused-ring (bicyclic) bond motifs is 2. The highest BCUT2D eigenvalue weighted by molar-refractivity contribution is 8.14. The largest absolute Gasteiger partial charge is 0.290 e. The summed E-state index contributed by atoms with van der Waals surface area (Å²) in [7, 11) is 0. The summed E-state index contributed by atoms with van der Waals surface area (Å²) in [5.41, 5.74) is 1.11. The fourth-order valence-corrected chi connectivity index (χ4v) is 3.29. The van der Waals surface area contributed by atoms with Crippen molar-refractivity contribution in [3.63, 3.8) is 0 Å². The van der Waals surface area contributed by atoms with Crippen LogP contribution in [0.1, 0.15) is 12.5 Å². The van der Waals surface area contributed by atoms with Crippen LogP contribution >= 0.6 is 11.8 Å². The Bertz CT molecular complexity index is 798. The zero-order valence-corrected chi connectivity index (χ0v) is 12.4. The minimum atomic E-state index is -0.399. The lowest BCUT2D eigenvalue weighted by Gasteiger charge is -2.10. The van der Waals surface area contributed by atoms with Crippen LogP contribution in [0.25, 0.3) is 21.5 Å². The molecule has 0 unspecified atom stereocenters. The predicted octanol–water partition coefficient (Wildman–Crippen LogP) is 4.34. The molecule has 0 amide bonds. The van der Waals surface area contributed by atoms with E-state index in [9.17, 15) is 9.59 Å². The van der Waals surface area contributed by atoms with E-state index in [4.69, 9.17) is 0 Å². The lowest BCUT2D eigenvalue weighted by atomic mass is 9.98. The van der Waals surface area contributed by atoms with E-state index in [1.54, 1.807) is 0 Å². The highest BCUT2D eigenvalue weighted by atomic mass is 32.2. The Morgan fingerprint density at radius 2 is 1.43 bits per heavy atom. The third kappa shape index (κ3) is 2.69. The molecule has 0 saturated carbocycles. The van der Waals surface area contributed by atoms with Crippen molar-refractivity contribution in [2.24, 2.45) is 0 Å². The van der Waals surface area contributed by atoms with Crippen molar-refractivity contribution >= 4 is 44.2 Å². The van der Waals surface area contributed by atoms with Gasteiger partial charge in [0.15, 0.2) is 0 Å². The number of rotatable bonds is 3. The first-order valence-electron chi connectivity index (χ1n) is 6.74. The van der Waals surface area contributed by atoms with Gasteiger partial charge in [-0.05, 0) is 33.2 Å². The molecule has 0 N–H and O–H groups in total. The van der Waals surface area contributed by atoms with Gasteiger partial charge >= 0.3 is 0 Å². The fourth-order valence-electron chi connectivity index (χ4n) is 2.50. The molecule has 0 heterocycles. The van der Waals surface area contributed by atoms with Crippen LogP contribution in [0.15, 0.2) is 54.6 Å². The number of ketones is 1. The lowest BCUT2D eigenvalue weighted by molar-refractivity contribution is -0.130. The van der Waals surface area contributed by atoms with E-state index >= 15 is 0 Å². The summed E-state index contributed by atoms with van der Waals surface area (Å²) < 4.78 is 0. The molecule has 0 aliphatic heterocycles. The molecule has 3 aromatic carbocycles. The predicted molar refractivity (Wildman–Crippen MR) is 88.4 cm³/mol. The molecule has 3 aromatic rings. The lowest BCUT2D eigenvalue weighted by Crippen LogP contribution is -2.04. The topological polar surface area (TPSA) is 34.1 Å². The van der Waals surface area contributed by atoms with Crippen LogP contribution in [0.4, 0.5) is 0 Å². The van der Waals surface area contributed by atoms with Crippen molar-refractivity contribution in [2.75, 3.05) is 0 Å². The Balaban J connectivity index is 2.16. The molecular weight excluding hydrogens is 280 g/mol. The smallest absolute Gasteiger partial charge is 0.255 e. The number of hydrogen-bond acceptors (Lipinski definition) is 3. The molecule has 0 bridgehead atoms. The van der Waals surface area contributed by atoms with Gasteiger partial charge in [-0.1, -0.05) is 60.3 Å². The van der Waals surface area contributed by atoms with Gasteiger partial charge in [-0.2, -0.15) is 0 Å². The number of carbonyl (C=O) groups excluding carboxylic acids is 2. The Morgan fingerprint density at radius 1 is 0.905 bits per heavy atom. The SMILES string of the molecule is CC(=O)C(=O)SCc1c2ccccc2cc2ccccc12. The summed E-state index contributed by atoms with van der Waals surface area (Å²) in [4.78, 5) is 22.7. The molecule has 3 heteroatoms. The Kier molecular flexibility index (Phi) is 3.76. The van der Waals surface area contributed by atoms with Crippen LogP contribution in [0.5, 0.6) is 0 Å². The second-order valence-corrected chi connectivity index (χ2v) is 5.88. The van der Waals surface area contributed by atoms with Crippen LogP contribution in [0, 0.1) is 0 Å². The maximum absolute atomic E-state index is 11.6. The minimum Gasteiger partial charge on any atom is -0.290 e. The molecule has 0 aromatic heterocycles. The minimum absolute atomic E-state index is 0.382. The quantitative estimate of drug-likeness (QED) is 0.532. The van der Waals surface area contributed by atoms with Crippen molar-refractivity contribution < 1.29 is 9.59 Å². The molecule has 0 saturated heterocycles. The van der Waals surface area contributed by atoms with Crippen LogP contribution < -0.4 is 0 Å². The van der Waals surface area contributed by atoms with E-state index in [2.05, 4.69) is 30.3 Å². The van der Waals surface area contributed by atoms with Crippen LogP contribution in [0.3, 0.4) is 0 Å².